The maximum atomic E-state index is 12.1. The first kappa shape index (κ1) is 13.5. The van der Waals surface area contributed by atoms with Crippen LogP contribution in [0.4, 0.5) is 5.13 Å². The normalized spacial score (nSPS) is 11.7. The van der Waals surface area contributed by atoms with Crippen molar-refractivity contribution in [3.8, 4) is 0 Å². The summed E-state index contributed by atoms with van der Waals surface area (Å²) in [7, 11) is -1.69. The second-order valence-electron chi connectivity index (χ2n) is 3.69. The van der Waals surface area contributed by atoms with E-state index in [1.165, 1.54) is 22.7 Å². The third-order valence-corrected chi connectivity index (χ3v) is 5.90. The van der Waals surface area contributed by atoms with Gasteiger partial charge in [0.25, 0.3) is 10.0 Å². The molecular weight excluding hydrogens is 290 g/mol. The van der Waals surface area contributed by atoms with Crippen LogP contribution in [0.3, 0.4) is 0 Å². The summed E-state index contributed by atoms with van der Waals surface area (Å²) in [5.74, 6) is 0. The molecule has 0 bridgehead atoms. The zero-order valence-electron chi connectivity index (χ0n) is 9.93. The van der Waals surface area contributed by atoms with Crippen LogP contribution >= 0.6 is 22.7 Å². The summed E-state index contributed by atoms with van der Waals surface area (Å²) in [5, 5.41) is 5.21. The lowest BCUT2D eigenvalue weighted by Crippen LogP contribution is -2.11. The van der Waals surface area contributed by atoms with Gasteiger partial charge in [-0.15, -0.1) is 22.7 Å². The molecule has 2 heterocycles. The number of anilines is 1. The highest BCUT2D eigenvalue weighted by atomic mass is 32.2. The molecule has 2 aromatic heterocycles. The van der Waals surface area contributed by atoms with E-state index in [4.69, 9.17) is 0 Å². The molecule has 0 atom stereocenters. The minimum Gasteiger partial charge on any atom is -0.316 e. The van der Waals surface area contributed by atoms with Gasteiger partial charge in [-0.1, -0.05) is 0 Å². The van der Waals surface area contributed by atoms with E-state index in [2.05, 4.69) is 15.0 Å². The molecule has 2 N–H and O–H groups in total. The van der Waals surface area contributed by atoms with Crippen LogP contribution < -0.4 is 10.0 Å². The molecule has 0 radical (unpaired) electrons. The van der Waals surface area contributed by atoms with Crippen molar-refractivity contribution >= 4 is 37.8 Å². The van der Waals surface area contributed by atoms with Gasteiger partial charge in [0, 0.05) is 17.6 Å². The summed E-state index contributed by atoms with van der Waals surface area (Å²) >= 11 is 2.53. The van der Waals surface area contributed by atoms with E-state index < -0.39 is 10.0 Å². The summed E-state index contributed by atoms with van der Waals surface area (Å²) in [6.07, 6.45) is 1.64. The molecule has 0 aliphatic carbocycles. The van der Waals surface area contributed by atoms with E-state index in [1.807, 2.05) is 19.4 Å². The first-order chi connectivity index (χ1) is 8.51. The number of aromatic nitrogens is 1. The second-order valence-corrected chi connectivity index (χ2v) is 7.74. The number of sulfonamides is 1. The van der Waals surface area contributed by atoms with Crippen LogP contribution in [0.2, 0.25) is 0 Å². The van der Waals surface area contributed by atoms with Gasteiger partial charge in [-0.25, -0.2) is 13.4 Å². The van der Waals surface area contributed by atoms with Gasteiger partial charge >= 0.3 is 0 Å². The fourth-order valence-electron chi connectivity index (χ4n) is 1.36. The highest BCUT2D eigenvalue weighted by Crippen LogP contribution is 2.25. The zero-order chi connectivity index (χ0) is 13.2. The van der Waals surface area contributed by atoms with E-state index in [0.29, 0.717) is 15.9 Å². The number of nitrogens with one attached hydrogen (secondary N) is 2. The van der Waals surface area contributed by atoms with Gasteiger partial charge in [0.1, 0.15) is 4.21 Å². The van der Waals surface area contributed by atoms with Crippen molar-refractivity contribution in [2.75, 3.05) is 11.8 Å². The van der Waals surface area contributed by atoms with Crippen LogP contribution in [0.25, 0.3) is 0 Å². The average Bonchev–Trinajstić information content (AvgIpc) is 2.88. The Morgan fingerprint density at radius 2 is 2.22 bits per heavy atom. The van der Waals surface area contributed by atoms with Gasteiger partial charge in [-0.05, 0) is 31.0 Å². The van der Waals surface area contributed by atoms with Crippen molar-refractivity contribution in [1.82, 2.24) is 10.3 Å². The number of hydrogen-bond donors (Lipinski definition) is 2. The maximum absolute atomic E-state index is 12.1. The lowest BCUT2D eigenvalue weighted by atomic mass is 10.3. The molecule has 0 saturated carbocycles. The fraction of sp³-hybridized carbons (Fsp3) is 0.300. The molecule has 0 spiro atoms. The maximum Gasteiger partial charge on any atom is 0.273 e. The Bertz CT molecular complexity index is 630. The van der Waals surface area contributed by atoms with Gasteiger partial charge in [-0.3, -0.25) is 4.72 Å². The molecule has 0 fully saturated rings. The van der Waals surface area contributed by atoms with Crippen molar-refractivity contribution < 1.29 is 8.42 Å². The molecule has 2 aromatic rings. The molecular formula is C10H13N3O2S3. The lowest BCUT2D eigenvalue weighted by molar-refractivity contribution is 0.603. The topological polar surface area (TPSA) is 71.1 Å². The Hall–Kier alpha value is -0.960. The number of thiazole rings is 1. The third kappa shape index (κ3) is 3.08. The van der Waals surface area contributed by atoms with Crippen LogP contribution in [-0.2, 0) is 16.6 Å². The third-order valence-electron chi connectivity index (χ3n) is 2.12. The Balaban J connectivity index is 2.19. The predicted octanol–water partition coefficient (Wildman–Crippen LogP) is 2.03. The molecule has 5 nitrogen and oxygen atoms in total. The summed E-state index contributed by atoms with van der Waals surface area (Å²) in [5.41, 5.74) is 0.957. The molecule has 8 heteroatoms. The van der Waals surface area contributed by atoms with E-state index in [0.717, 1.165) is 10.4 Å². The van der Waals surface area contributed by atoms with E-state index in [9.17, 15) is 8.42 Å². The quantitative estimate of drug-likeness (QED) is 0.886. The Morgan fingerprint density at radius 1 is 1.44 bits per heavy atom. The smallest absolute Gasteiger partial charge is 0.273 e. The number of nitrogens with zero attached hydrogens (tertiary/aromatic N) is 1. The van der Waals surface area contributed by atoms with E-state index in [1.54, 1.807) is 12.3 Å². The van der Waals surface area contributed by atoms with Crippen molar-refractivity contribution in [1.29, 1.82) is 0 Å². The minimum atomic E-state index is -3.51. The van der Waals surface area contributed by atoms with Crippen LogP contribution in [0, 0.1) is 6.92 Å². The molecule has 0 aromatic carbocycles. The Morgan fingerprint density at radius 3 is 2.83 bits per heavy atom. The van der Waals surface area contributed by atoms with Crippen LogP contribution in [0.1, 0.15) is 10.4 Å². The Labute approximate surface area is 114 Å². The van der Waals surface area contributed by atoms with E-state index >= 15 is 0 Å². The fourth-order valence-corrected chi connectivity index (χ4v) is 4.47. The molecule has 2 rings (SSSR count). The average molecular weight is 303 g/mol. The molecule has 0 aliphatic heterocycles. The summed E-state index contributed by atoms with van der Waals surface area (Å²) < 4.78 is 26.9. The standard InChI is InChI=1S/C10H13N3O2S3/c1-7-4-12-10(17-7)13-18(14,15)9-3-8(5-11-2)6-16-9/h3-4,6,11H,5H2,1-2H3,(H,12,13). The Kier molecular flexibility index (Phi) is 4.00. The van der Waals surface area contributed by atoms with E-state index in [-0.39, 0.29) is 0 Å². The largest absolute Gasteiger partial charge is 0.316 e. The first-order valence-electron chi connectivity index (χ1n) is 5.18. The number of hydrogen-bond acceptors (Lipinski definition) is 6. The molecule has 0 unspecified atom stereocenters. The summed E-state index contributed by atoms with van der Waals surface area (Å²) in [6, 6.07) is 1.67. The van der Waals surface area contributed by atoms with Gasteiger partial charge in [0.15, 0.2) is 5.13 Å². The first-order valence-corrected chi connectivity index (χ1v) is 8.36. The van der Waals surface area contributed by atoms with Crippen LogP contribution in [0.5, 0.6) is 0 Å². The van der Waals surface area contributed by atoms with Crippen LogP contribution in [-0.4, -0.2) is 20.4 Å². The number of aryl methyl sites for hydroxylation is 1. The number of thiophene rings is 1. The van der Waals surface area contributed by atoms with Crippen molar-refractivity contribution in [3.63, 3.8) is 0 Å². The highest BCUT2D eigenvalue weighted by molar-refractivity contribution is 7.94. The van der Waals surface area contributed by atoms with Crippen LogP contribution in [0.15, 0.2) is 21.9 Å². The van der Waals surface area contributed by atoms with Crippen molar-refractivity contribution in [2.45, 2.75) is 17.7 Å². The van der Waals surface area contributed by atoms with Gasteiger partial charge < -0.3 is 5.32 Å². The predicted molar refractivity (Wildman–Crippen MR) is 74.7 cm³/mol. The van der Waals surface area contributed by atoms with Gasteiger partial charge in [0.2, 0.25) is 0 Å². The summed E-state index contributed by atoms with van der Waals surface area (Å²) in [4.78, 5) is 4.96. The minimum absolute atomic E-state index is 0.306. The SMILES string of the molecule is CNCc1csc(S(=O)(=O)Nc2ncc(C)s2)c1. The molecule has 0 aliphatic rings. The number of rotatable bonds is 5. The molecule has 0 amide bonds. The van der Waals surface area contributed by atoms with Gasteiger partial charge in [-0.2, -0.15) is 0 Å². The van der Waals surface area contributed by atoms with Crippen molar-refractivity contribution in [2.24, 2.45) is 0 Å². The molecule has 98 valence electrons. The second kappa shape index (κ2) is 5.35. The monoisotopic (exact) mass is 303 g/mol. The summed E-state index contributed by atoms with van der Waals surface area (Å²) in [6.45, 7) is 2.54. The van der Waals surface area contributed by atoms with Crippen molar-refractivity contribution in [3.05, 3.63) is 28.1 Å². The molecule has 18 heavy (non-hydrogen) atoms. The molecule has 0 saturated heterocycles. The van der Waals surface area contributed by atoms with Gasteiger partial charge in [0.05, 0.1) is 0 Å². The zero-order valence-corrected chi connectivity index (χ0v) is 12.4. The lowest BCUT2D eigenvalue weighted by Gasteiger charge is -2.01. The highest BCUT2D eigenvalue weighted by Gasteiger charge is 2.18.